The van der Waals surface area contributed by atoms with Gasteiger partial charge in [0.1, 0.15) is 5.75 Å². The van der Waals surface area contributed by atoms with Crippen LogP contribution in [0.5, 0.6) is 5.75 Å². The number of piperazine rings is 1. The molecule has 3 rings (SSSR count). The van der Waals surface area contributed by atoms with Crippen LogP contribution in [0.4, 0.5) is 0 Å². The number of aliphatic imine (C=N–C) groups is 1. The lowest BCUT2D eigenvalue weighted by molar-refractivity contribution is -0.135. The predicted octanol–water partition coefficient (Wildman–Crippen LogP) is 2.62. The largest absolute Gasteiger partial charge is 0.496 e. The minimum atomic E-state index is -0.0363. The zero-order valence-corrected chi connectivity index (χ0v) is 21.7. The molecule has 2 atom stereocenters. The maximum absolute atomic E-state index is 12.7. The molecule has 2 fully saturated rings. The number of hydrogen-bond acceptors (Lipinski definition) is 4. The quantitative estimate of drug-likeness (QED) is 0.340. The first-order valence-electron chi connectivity index (χ1n) is 11.2. The Balaban J connectivity index is 0.00000341. The lowest BCUT2D eigenvalue weighted by atomic mass is 10.0. The van der Waals surface area contributed by atoms with Gasteiger partial charge in [0.25, 0.3) is 0 Å². The van der Waals surface area contributed by atoms with Crippen molar-refractivity contribution < 1.29 is 9.53 Å². The van der Waals surface area contributed by atoms with E-state index in [0.717, 1.165) is 70.4 Å². The molecule has 2 aliphatic rings. The van der Waals surface area contributed by atoms with Crippen molar-refractivity contribution in [2.45, 2.75) is 38.6 Å². The number of guanidine groups is 1. The van der Waals surface area contributed by atoms with Gasteiger partial charge < -0.3 is 19.9 Å². The molecule has 0 aliphatic carbocycles. The Hall–Kier alpha value is -1.55. The van der Waals surface area contributed by atoms with Gasteiger partial charge in [0.15, 0.2) is 5.96 Å². The lowest BCUT2D eigenvalue weighted by Gasteiger charge is -2.39. The topological polar surface area (TPSA) is 60.4 Å². The van der Waals surface area contributed by atoms with Crippen molar-refractivity contribution in [1.29, 1.82) is 0 Å². The van der Waals surface area contributed by atoms with Crippen LogP contribution in [-0.4, -0.2) is 92.6 Å². The maximum Gasteiger partial charge on any atom is 0.239 e. The van der Waals surface area contributed by atoms with Crippen LogP contribution in [0.3, 0.4) is 0 Å². The molecule has 0 radical (unpaired) electrons. The number of ether oxygens (including phenoxy) is 1. The van der Waals surface area contributed by atoms with Gasteiger partial charge in [0.2, 0.25) is 5.91 Å². The van der Waals surface area contributed by atoms with Crippen molar-refractivity contribution in [2.24, 2.45) is 4.99 Å². The van der Waals surface area contributed by atoms with E-state index >= 15 is 0 Å². The first-order chi connectivity index (χ1) is 14.5. The lowest BCUT2D eigenvalue weighted by Crippen LogP contribution is -2.57. The second-order valence-electron chi connectivity index (χ2n) is 8.30. The van der Waals surface area contributed by atoms with Crippen LogP contribution in [0.2, 0.25) is 0 Å². The number of para-hydroxylation sites is 1. The Morgan fingerprint density at radius 3 is 2.32 bits per heavy atom. The second-order valence-corrected chi connectivity index (χ2v) is 8.30. The van der Waals surface area contributed by atoms with Gasteiger partial charge in [-0.2, -0.15) is 0 Å². The third-order valence-corrected chi connectivity index (χ3v) is 6.38. The third kappa shape index (κ3) is 6.47. The first-order valence-corrected chi connectivity index (χ1v) is 11.2. The average molecular weight is 543 g/mol. The van der Waals surface area contributed by atoms with E-state index in [1.807, 2.05) is 30.1 Å². The highest BCUT2D eigenvalue weighted by molar-refractivity contribution is 14.0. The van der Waals surface area contributed by atoms with Gasteiger partial charge in [0, 0.05) is 58.8 Å². The van der Waals surface area contributed by atoms with E-state index in [0.29, 0.717) is 5.92 Å². The second kappa shape index (κ2) is 12.5. The number of nitrogens with one attached hydrogen (secondary N) is 1. The average Bonchev–Trinajstić information content (AvgIpc) is 3.33. The summed E-state index contributed by atoms with van der Waals surface area (Å²) in [5.41, 5.74) is 1.20. The van der Waals surface area contributed by atoms with Gasteiger partial charge in [-0.1, -0.05) is 25.1 Å². The van der Waals surface area contributed by atoms with Crippen LogP contribution in [-0.2, 0) is 4.79 Å². The molecule has 2 aliphatic heterocycles. The smallest absolute Gasteiger partial charge is 0.239 e. The van der Waals surface area contributed by atoms with Gasteiger partial charge in [-0.05, 0) is 31.4 Å². The molecule has 2 saturated heterocycles. The van der Waals surface area contributed by atoms with E-state index < -0.39 is 0 Å². The number of carbonyl (C=O) groups excluding carboxylic acids is 1. The third-order valence-electron chi connectivity index (χ3n) is 6.38. The monoisotopic (exact) mass is 543 g/mol. The van der Waals surface area contributed by atoms with E-state index in [1.165, 1.54) is 5.56 Å². The minimum absolute atomic E-state index is 0. The summed E-state index contributed by atoms with van der Waals surface area (Å²) >= 11 is 0. The van der Waals surface area contributed by atoms with Crippen molar-refractivity contribution >= 4 is 35.8 Å². The molecule has 0 aromatic heterocycles. The zero-order valence-electron chi connectivity index (χ0n) is 19.3. The normalized spacial score (nSPS) is 19.5. The predicted molar refractivity (Wildman–Crippen MR) is 137 cm³/mol. The molecule has 0 spiro atoms. The molecule has 1 aromatic carbocycles. The molecular formula is C23H38IN5O2. The Labute approximate surface area is 204 Å². The molecule has 2 heterocycles. The number of halogens is 1. The fourth-order valence-electron chi connectivity index (χ4n) is 4.44. The number of likely N-dealkylation sites (tertiary alicyclic amines) is 1. The Bertz CT molecular complexity index is 730. The highest BCUT2D eigenvalue weighted by Crippen LogP contribution is 2.25. The summed E-state index contributed by atoms with van der Waals surface area (Å²) in [6.45, 7) is 10.4. The molecule has 8 heteroatoms. The van der Waals surface area contributed by atoms with Crippen molar-refractivity contribution in [2.75, 3.05) is 60.0 Å². The van der Waals surface area contributed by atoms with Gasteiger partial charge in [-0.15, -0.1) is 24.0 Å². The number of amides is 1. The molecule has 31 heavy (non-hydrogen) atoms. The number of benzene rings is 1. The summed E-state index contributed by atoms with van der Waals surface area (Å²) in [5.74, 6) is 2.44. The van der Waals surface area contributed by atoms with E-state index in [1.54, 1.807) is 7.11 Å². The number of methoxy groups -OCH3 is 1. The summed E-state index contributed by atoms with van der Waals surface area (Å²) in [5, 5.41) is 3.53. The van der Waals surface area contributed by atoms with Gasteiger partial charge in [-0.3, -0.25) is 14.7 Å². The fourth-order valence-corrected chi connectivity index (χ4v) is 4.44. The number of carbonyl (C=O) groups is 1. The molecule has 1 amide bonds. The van der Waals surface area contributed by atoms with Crippen molar-refractivity contribution in [3.05, 3.63) is 29.8 Å². The summed E-state index contributed by atoms with van der Waals surface area (Å²) in [7, 11) is 3.55. The fraction of sp³-hybridized carbons (Fsp3) is 0.652. The van der Waals surface area contributed by atoms with E-state index in [4.69, 9.17) is 4.74 Å². The summed E-state index contributed by atoms with van der Waals surface area (Å²) in [6, 6.07) is 8.13. The molecule has 7 nitrogen and oxygen atoms in total. The van der Waals surface area contributed by atoms with Crippen molar-refractivity contribution in [3.63, 3.8) is 0 Å². The summed E-state index contributed by atoms with van der Waals surface area (Å²) in [6.07, 6.45) is 2.28. The molecule has 174 valence electrons. The van der Waals surface area contributed by atoms with Gasteiger partial charge >= 0.3 is 0 Å². The molecule has 0 bridgehead atoms. The van der Waals surface area contributed by atoms with E-state index in [-0.39, 0.29) is 35.9 Å². The zero-order chi connectivity index (χ0) is 21.5. The number of rotatable bonds is 6. The molecular weight excluding hydrogens is 505 g/mol. The summed E-state index contributed by atoms with van der Waals surface area (Å²) < 4.78 is 5.50. The summed E-state index contributed by atoms with van der Waals surface area (Å²) in [4.78, 5) is 23.8. The van der Waals surface area contributed by atoms with Crippen molar-refractivity contribution in [1.82, 2.24) is 20.0 Å². The van der Waals surface area contributed by atoms with Crippen LogP contribution in [0.1, 0.15) is 38.2 Å². The molecule has 0 saturated carbocycles. The SMILES string of the molecule is CN=C(NCC(C)c1ccccc1OC)N1CCN(C(C)C(=O)N2CCCC2)CC1.I. The van der Waals surface area contributed by atoms with Gasteiger partial charge in [0.05, 0.1) is 13.2 Å². The Morgan fingerprint density at radius 2 is 1.71 bits per heavy atom. The van der Waals surface area contributed by atoms with Crippen LogP contribution in [0, 0.1) is 0 Å². The molecule has 1 aromatic rings. The maximum atomic E-state index is 12.7. The number of nitrogens with zero attached hydrogens (tertiary/aromatic N) is 4. The van der Waals surface area contributed by atoms with Crippen LogP contribution >= 0.6 is 24.0 Å². The van der Waals surface area contributed by atoms with E-state index in [2.05, 4.69) is 40.0 Å². The highest BCUT2D eigenvalue weighted by Gasteiger charge is 2.30. The van der Waals surface area contributed by atoms with Crippen LogP contribution < -0.4 is 10.1 Å². The molecule has 1 N–H and O–H groups in total. The van der Waals surface area contributed by atoms with Crippen LogP contribution in [0.15, 0.2) is 29.3 Å². The Morgan fingerprint density at radius 1 is 1.06 bits per heavy atom. The Kier molecular flexibility index (Phi) is 10.3. The number of hydrogen-bond donors (Lipinski definition) is 1. The standard InChI is InChI=1S/C23H37N5O2.HI/c1-18(20-9-5-6-10-21(20)30-4)17-25-23(24-3)28-15-13-26(14-16-28)19(2)22(29)27-11-7-8-12-27;/h5-6,9-10,18-19H,7-8,11-17H2,1-4H3,(H,24,25);1H. The van der Waals surface area contributed by atoms with E-state index in [9.17, 15) is 4.79 Å². The van der Waals surface area contributed by atoms with Crippen LogP contribution in [0.25, 0.3) is 0 Å². The first kappa shape index (κ1) is 25.7. The minimum Gasteiger partial charge on any atom is -0.496 e. The van der Waals surface area contributed by atoms with Crippen molar-refractivity contribution in [3.8, 4) is 5.75 Å². The van der Waals surface area contributed by atoms with Gasteiger partial charge in [-0.25, -0.2) is 0 Å². The highest BCUT2D eigenvalue weighted by atomic mass is 127. The molecule has 2 unspecified atom stereocenters.